The third-order valence-electron chi connectivity index (χ3n) is 3.31. The van der Waals surface area contributed by atoms with E-state index in [2.05, 4.69) is 15.5 Å². The van der Waals surface area contributed by atoms with Crippen LogP contribution >= 0.6 is 0 Å². The molecule has 1 aromatic rings. The summed E-state index contributed by atoms with van der Waals surface area (Å²) in [5.74, 6) is 0. The molecule has 0 aliphatic carbocycles. The monoisotopic (exact) mass is 293 g/mol. The number of amides is 2. The zero-order chi connectivity index (χ0) is 15.7. The van der Waals surface area contributed by atoms with E-state index in [4.69, 9.17) is 5.11 Å². The second-order valence-corrected chi connectivity index (χ2v) is 5.59. The molecule has 0 saturated carbocycles. The number of hydrogen-bond donors (Lipinski definition) is 3. The first-order valence-electron chi connectivity index (χ1n) is 7.40. The predicted octanol–water partition coefficient (Wildman–Crippen LogP) is 1.75. The Balaban J connectivity index is 2.49. The van der Waals surface area contributed by atoms with Gasteiger partial charge in [-0.15, -0.1) is 0 Å². The molecule has 2 amide bonds. The molecule has 3 N–H and O–H groups in total. The Hall–Kier alpha value is -1.59. The summed E-state index contributed by atoms with van der Waals surface area (Å²) in [5.41, 5.74) is 1.00. The molecule has 0 aromatic heterocycles. The van der Waals surface area contributed by atoms with Crippen LogP contribution < -0.4 is 10.6 Å². The van der Waals surface area contributed by atoms with E-state index in [-0.39, 0.29) is 24.7 Å². The van der Waals surface area contributed by atoms with Gasteiger partial charge in [-0.2, -0.15) is 0 Å². The molecular formula is C16H27N3O2. The zero-order valence-electron chi connectivity index (χ0n) is 13.2. The van der Waals surface area contributed by atoms with E-state index in [1.54, 1.807) is 0 Å². The zero-order valence-corrected chi connectivity index (χ0v) is 13.2. The van der Waals surface area contributed by atoms with Gasteiger partial charge in [0, 0.05) is 12.6 Å². The molecule has 0 saturated heterocycles. The lowest BCUT2D eigenvalue weighted by Crippen LogP contribution is -2.43. The number of nitrogens with zero attached hydrogens (tertiary/aromatic N) is 1. The van der Waals surface area contributed by atoms with Gasteiger partial charge in [0.15, 0.2) is 0 Å². The van der Waals surface area contributed by atoms with Gasteiger partial charge in [-0.1, -0.05) is 30.3 Å². The summed E-state index contributed by atoms with van der Waals surface area (Å²) in [6.07, 6.45) is 1.40. The smallest absolute Gasteiger partial charge is 0.315 e. The molecule has 1 rings (SSSR count). The van der Waals surface area contributed by atoms with Crippen LogP contribution in [0.3, 0.4) is 0 Å². The number of aliphatic hydroxyl groups is 1. The van der Waals surface area contributed by atoms with E-state index in [0.717, 1.165) is 18.5 Å². The maximum Gasteiger partial charge on any atom is 0.315 e. The Bertz CT molecular complexity index is 409. The number of urea groups is 1. The number of benzene rings is 1. The third kappa shape index (κ3) is 7.11. The molecule has 21 heavy (non-hydrogen) atoms. The van der Waals surface area contributed by atoms with Crippen LogP contribution in [0.4, 0.5) is 4.79 Å². The molecule has 0 spiro atoms. The summed E-state index contributed by atoms with van der Waals surface area (Å²) >= 11 is 0. The Morgan fingerprint density at radius 1 is 1.19 bits per heavy atom. The van der Waals surface area contributed by atoms with Gasteiger partial charge in [0.25, 0.3) is 0 Å². The van der Waals surface area contributed by atoms with E-state index in [9.17, 15) is 4.79 Å². The normalized spacial score (nSPS) is 13.8. The van der Waals surface area contributed by atoms with Gasteiger partial charge in [0.1, 0.15) is 0 Å². The molecule has 0 bridgehead atoms. The molecule has 0 fully saturated rings. The molecule has 0 aliphatic rings. The summed E-state index contributed by atoms with van der Waals surface area (Å²) < 4.78 is 0. The summed E-state index contributed by atoms with van der Waals surface area (Å²) in [5, 5.41) is 15.0. The lowest BCUT2D eigenvalue weighted by Gasteiger charge is -2.21. The maximum atomic E-state index is 12.0. The number of rotatable bonds is 8. The molecule has 1 aromatic carbocycles. The quantitative estimate of drug-likeness (QED) is 0.684. The van der Waals surface area contributed by atoms with Gasteiger partial charge in [-0.05, 0) is 46.0 Å². The Morgan fingerprint density at radius 3 is 2.43 bits per heavy atom. The van der Waals surface area contributed by atoms with Crippen molar-refractivity contribution in [2.75, 3.05) is 27.2 Å². The summed E-state index contributed by atoms with van der Waals surface area (Å²) in [4.78, 5) is 14.1. The SMILES string of the molecule is CC(CCN(C)C)NC(=O)N[C@H](CCO)c1ccccc1. The molecular weight excluding hydrogens is 266 g/mol. The molecule has 2 atom stereocenters. The molecule has 0 radical (unpaired) electrons. The fraction of sp³-hybridized carbons (Fsp3) is 0.562. The van der Waals surface area contributed by atoms with Crippen molar-refractivity contribution in [3.05, 3.63) is 35.9 Å². The van der Waals surface area contributed by atoms with Gasteiger partial charge in [0.2, 0.25) is 0 Å². The topological polar surface area (TPSA) is 64.6 Å². The number of aliphatic hydroxyl groups excluding tert-OH is 1. The average molecular weight is 293 g/mol. The largest absolute Gasteiger partial charge is 0.396 e. The van der Waals surface area contributed by atoms with Crippen molar-refractivity contribution in [3.63, 3.8) is 0 Å². The lowest BCUT2D eigenvalue weighted by molar-refractivity contribution is 0.225. The minimum atomic E-state index is -0.191. The van der Waals surface area contributed by atoms with Gasteiger partial charge in [-0.25, -0.2) is 4.79 Å². The van der Waals surface area contributed by atoms with Crippen LogP contribution in [0.15, 0.2) is 30.3 Å². The number of nitrogens with one attached hydrogen (secondary N) is 2. The van der Waals surface area contributed by atoms with Gasteiger partial charge in [0.05, 0.1) is 6.04 Å². The Labute approximate surface area is 127 Å². The number of hydrogen-bond acceptors (Lipinski definition) is 3. The van der Waals surface area contributed by atoms with E-state index in [0.29, 0.717) is 6.42 Å². The molecule has 0 heterocycles. The molecule has 118 valence electrons. The van der Waals surface area contributed by atoms with Gasteiger partial charge < -0.3 is 20.6 Å². The van der Waals surface area contributed by atoms with Crippen LogP contribution in [-0.2, 0) is 0 Å². The lowest BCUT2D eigenvalue weighted by atomic mass is 10.0. The molecule has 5 nitrogen and oxygen atoms in total. The highest BCUT2D eigenvalue weighted by molar-refractivity contribution is 5.74. The molecule has 5 heteroatoms. The maximum absolute atomic E-state index is 12.0. The highest BCUT2D eigenvalue weighted by Gasteiger charge is 2.15. The van der Waals surface area contributed by atoms with Crippen molar-refractivity contribution in [1.29, 1.82) is 0 Å². The van der Waals surface area contributed by atoms with E-state index < -0.39 is 0 Å². The van der Waals surface area contributed by atoms with Crippen molar-refractivity contribution in [3.8, 4) is 0 Å². The minimum Gasteiger partial charge on any atom is -0.396 e. The first-order valence-corrected chi connectivity index (χ1v) is 7.40. The highest BCUT2D eigenvalue weighted by atomic mass is 16.3. The van der Waals surface area contributed by atoms with E-state index in [1.165, 1.54) is 0 Å². The van der Waals surface area contributed by atoms with Crippen molar-refractivity contribution < 1.29 is 9.90 Å². The summed E-state index contributed by atoms with van der Waals surface area (Å²) in [6, 6.07) is 9.45. The van der Waals surface area contributed by atoms with Crippen LogP contribution in [0.1, 0.15) is 31.4 Å². The fourth-order valence-electron chi connectivity index (χ4n) is 2.08. The van der Waals surface area contributed by atoms with E-state index in [1.807, 2.05) is 51.4 Å². The fourth-order valence-corrected chi connectivity index (χ4v) is 2.08. The average Bonchev–Trinajstić information content (AvgIpc) is 2.45. The second kappa shape index (κ2) is 9.37. The second-order valence-electron chi connectivity index (χ2n) is 5.59. The van der Waals surface area contributed by atoms with Gasteiger partial charge >= 0.3 is 6.03 Å². The van der Waals surface area contributed by atoms with Crippen molar-refractivity contribution >= 4 is 6.03 Å². The van der Waals surface area contributed by atoms with Crippen molar-refractivity contribution in [2.45, 2.75) is 31.8 Å². The minimum absolute atomic E-state index is 0.0377. The van der Waals surface area contributed by atoms with Gasteiger partial charge in [-0.3, -0.25) is 0 Å². The molecule has 1 unspecified atom stereocenters. The van der Waals surface area contributed by atoms with Crippen LogP contribution in [0, 0.1) is 0 Å². The summed E-state index contributed by atoms with van der Waals surface area (Å²) in [6.45, 7) is 2.96. The molecule has 0 aliphatic heterocycles. The third-order valence-corrected chi connectivity index (χ3v) is 3.31. The Morgan fingerprint density at radius 2 is 1.86 bits per heavy atom. The highest BCUT2D eigenvalue weighted by Crippen LogP contribution is 2.15. The summed E-state index contributed by atoms with van der Waals surface area (Å²) in [7, 11) is 4.03. The Kier molecular flexibility index (Phi) is 7.79. The number of carbonyl (C=O) groups is 1. The predicted molar refractivity (Wildman–Crippen MR) is 85.2 cm³/mol. The van der Waals surface area contributed by atoms with E-state index >= 15 is 0 Å². The van der Waals surface area contributed by atoms with Crippen LogP contribution in [-0.4, -0.2) is 49.3 Å². The van der Waals surface area contributed by atoms with Crippen molar-refractivity contribution in [1.82, 2.24) is 15.5 Å². The standard InChI is InChI=1S/C16H27N3O2/c1-13(9-11-19(2)3)17-16(21)18-15(10-12-20)14-7-5-4-6-8-14/h4-8,13,15,20H,9-12H2,1-3H3,(H2,17,18,21)/t13?,15-/m1/s1. The van der Waals surface area contributed by atoms with Crippen LogP contribution in [0.2, 0.25) is 0 Å². The first kappa shape index (κ1) is 17.5. The van der Waals surface area contributed by atoms with Crippen molar-refractivity contribution in [2.24, 2.45) is 0 Å². The van der Waals surface area contributed by atoms with Crippen LogP contribution in [0.5, 0.6) is 0 Å². The van der Waals surface area contributed by atoms with Crippen LogP contribution in [0.25, 0.3) is 0 Å². The number of carbonyl (C=O) groups excluding carboxylic acids is 1. The first-order chi connectivity index (χ1) is 10.0.